The summed E-state index contributed by atoms with van der Waals surface area (Å²) < 4.78 is 5.15. The van der Waals surface area contributed by atoms with Crippen LogP contribution < -0.4 is 15.4 Å². The van der Waals surface area contributed by atoms with E-state index in [-0.39, 0.29) is 0 Å². The predicted octanol–water partition coefficient (Wildman–Crippen LogP) is 2.61. The molecule has 1 unspecified atom stereocenters. The smallest absolute Gasteiger partial charge is 0.118 e. The van der Waals surface area contributed by atoms with E-state index in [0.717, 1.165) is 31.8 Å². The number of nitrogens with one attached hydrogen (secondary N) is 2. The minimum Gasteiger partial charge on any atom is -0.497 e. The molecule has 0 bridgehead atoms. The molecular formula is C16H28N2O. The largest absolute Gasteiger partial charge is 0.497 e. The average Bonchev–Trinajstić information content (AvgIpc) is 2.44. The minimum atomic E-state index is 0.544. The molecular weight excluding hydrogens is 236 g/mol. The quantitative estimate of drug-likeness (QED) is 0.637. The predicted molar refractivity (Wildman–Crippen MR) is 81.9 cm³/mol. The van der Waals surface area contributed by atoms with Gasteiger partial charge in [-0.3, -0.25) is 0 Å². The van der Waals surface area contributed by atoms with Crippen molar-refractivity contribution in [1.82, 2.24) is 10.6 Å². The zero-order valence-corrected chi connectivity index (χ0v) is 12.5. The van der Waals surface area contributed by atoms with E-state index < -0.39 is 0 Å². The van der Waals surface area contributed by atoms with E-state index >= 15 is 0 Å². The summed E-state index contributed by atoms with van der Waals surface area (Å²) in [7, 11) is 1.70. The highest BCUT2D eigenvalue weighted by molar-refractivity contribution is 5.27. The van der Waals surface area contributed by atoms with Gasteiger partial charge < -0.3 is 15.4 Å². The van der Waals surface area contributed by atoms with Crippen molar-refractivity contribution in [1.29, 1.82) is 0 Å². The van der Waals surface area contributed by atoms with Crippen molar-refractivity contribution in [3.8, 4) is 5.75 Å². The van der Waals surface area contributed by atoms with Crippen molar-refractivity contribution in [2.75, 3.05) is 26.7 Å². The molecule has 0 saturated carbocycles. The molecule has 2 N–H and O–H groups in total. The lowest BCUT2D eigenvalue weighted by Gasteiger charge is -2.14. The van der Waals surface area contributed by atoms with Crippen molar-refractivity contribution in [2.45, 2.75) is 39.2 Å². The van der Waals surface area contributed by atoms with Crippen LogP contribution in [-0.4, -0.2) is 32.8 Å². The summed E-state index contributed by atoms with van der Waals surface area (Å²) in [4.78, 5) is 0. The standard InChI is InChI=1S/C16H28N2O/c1-4-11-17-13-14(2)18-12-5-6-15-7-9-16(19-3)10-8-15/h7-10,14,17-18H,4-6,11-13H2,1-3H3. The molecule has 3 nitrogen and oxygen atoms in total. The third kappa shape index (κ3) is 7.19. The van der Waals surface area contributed by atoms with Crippen LogP contribution in [0, 0.1) is 0 Å². The normalized spacial score (nSPS) is 12.4. The molecule has 0 radical (unpaired) electrons. The van der Waals surface area contributed by atoms with E-state index in [1.165, 1.54) is 18.4 Å². The number of ether oxygens (including phenoxy) is 1. The van der Waals surface area contributed by atoms with Gasteiger partial charge in [-0.05, 0) is 57.0 Å². The molecule has 108 valence electrons. The van der Waals surface area contributed by atoms with Gasteiger partial charge in [-0.25, -0.2) is 0 Å². The van der Waals surface area contributed by atoms with Crippen LogP contribution >= 0.6 is 0 Å². The van der Waals surface area contributed by atoms with E-state index in [9.17, 15) is 0 Å². The van der Waals surface area contributed by atoms with Gasteiger partial charge in [0.2, 0.25) is 0 Å². The lowest BCUT2D eigenvalue weighted by molar-refractivity contribution is 0.414. The summed E-state index contributed by atoms with van der Waals surface area (Å²) in [6.45, 7) is 7.66. The van der Waals surface area contributed by atoms with Crippen LogP contribution in [0.15, 0.2) is 24.3 Å². The van der Waals surface area contributed by atoms with Gasteiger partial charge in [0, 0.05) is 12.6 Å². The summed E-state index contributed by atoms with van der Waals surface area (Å²) in [5.41, 5.74) is 1.37. The monoisotopic (exact) mass is 264 g/mol. The van der Waals surface area contributed by atoms with Crippen molar-refractivity contribution >= 4 is 0 Å². The van der Waals surface area contributed by atoms with Gasteiger partial charge in [0.15, 0.2) is 0 Å². The molecule has 0 aliphatic rings. The molecule has 0 fully saturated rings. The number of benzene rings is 1. The van der Waals surface area contributed by atoms with E-state index in [4.69, 9.17) is 4.74 Å². The SMILES string of the molecule is CCCNCC(C)NCCCc1ccc(OC)cc1. The first kappa shape index (κ1) is 16.0. The van der Waals surface area contributed by atoms with Crippen LogP contribution in [0.4, 0.5) is 0 Å². The van der Waals surface area contributed by atoms with Gasteiger partial charge >= 0.3 is 0 Å². The van der Waals surface area contributed by atoms with E-state index in [1.807, 2.05) is 12.1 Å². The molecule has 1 aromatic rings. The zero-order valence-electron chi connectivity index (χ0n) is 12.5. The highest BCUT2D eigenvalue weighted by atomic mass is 16.5. The first-order chi connectivity index (χ1) is 9.26. The van der Waals surface area contributed by atoms with Crippen molar-refractivity contribution in [3.05, 3.63) is 29.8 Å². The summed E-state index contributed by atoms with van der Waals surface area (Å²) in [6.07, 6.45) is 3.49. The maximum atomic E-state index is 5.15. The molecule has 1 rings (SSSR count). The van der Waals surface area contributed by atoms with Crippen LogP contribution in [0.1, 0.15) is 32.3 Å². The van der Waals surface area contributed by atoms with E-state index in [1.54, 1.807) is 7.11 Å². The average molecular weight is 264 g/mol. The highest BCUT2D eigenvalue weighted by Gasteiger charge is 2.00. The van der Waals surface area contributed by atoms with Crippen molar-refractivity contribution in [2.24, 2.45) is 0 Å². The Morgan fingerprint density at radius 1 is 1.16 bits per heavy atom. The van der Waals surface area contributed by atoms with Crippen molar-refractivity contribution < 1.29 is 4.74 Å². The van der Waals surface area contributed by atoms with Crippen LogP contribution in [-0.2, 0) is 6.42 Å². The Morgan fingerprint density at radius 3 is 2.53 bits per heavy atom. The molecule has 0 aromatic heterocycles. The second-order valence-electron chi connectivity index (χ2n) is 5.01. The molecule has 3 heteroatoms. The fourth-order valence-electron chi connectivity index (χ4n) is 2.00. The Morgan fingerprint density at radius 2 is 1.89 bits per heavy atom. The first-order valence-corrected chi connectivity index (χ1v) is 7.33. The van der Waals surface area contributed by atoms with Gasteiger partial charge in [-0.1, -0.05) is 19.1 Å². The molecule has 1 atom stereocenters. The maximum absolute atomic E-state index is 5.15. The third-order valence-corrected chi connectivity index (χ3v) is 3.17. The Hall–Kier alpha value is -1.06. The lowest BCUT2D eigenvalue weighted by Crippen LogP contribution is -2.37. The van der Waals surface area contributed by atoms with Gasteiger partial charge in [0.25, 0.3) is 0 Å². The van der Waals surface area contributed by atoms with E-state index in [0.29, 0.717) is 6.04 Å². The molecule has 19 heavy (non-hydrogen) atoms. The molecule has 0 amide bonds. The summed E-state index contributed by atoms with van der Waals surface area (Å²) in [5, 5.41) is 6.98. The van der Waals surface area contributed by atoms with E-state index in [2.05, 4.69) is 36.6 Å². The summed E-state index contributed by atoms with van der Waals surface area (Å²) >= 11 is 0. The third-order valence-electron chi connectivity index (χ3n) is 3.17. The number of aryl methyl sites for hydroxylation is 1. The van der Waals surface area contributed by atoms with Gasteiger partial charge in [0.05, 0.1) is 7.11 Å². The molecule has 0 saturated heterocycles. The first-order valence-electron chi connectivity index (χ1n) is 7.33. The number of rotatable bonds is 10. The topological polar surface area (TPSA) is 33.3 Å². The molecule has 1 aromatic carbocycles. The Labute approximate surface area is 117 Å². The summed E-state index contributed by atoms with van der Waals surface area (Å²) in [6, 6.07) is 8.89. The highest BCUT2D eigenvalue weighted by Crippen LogP contribution is 2.12. The van der Waals surface area contributed by atoms with Crippen LogP contribution in [0.2, 0.25) is 0 Å². The second kappa shape index (κ2) is 9.82. The minimum absolute atomic E-state index is 0.544. The van der Waals surface area contributed by atoms with Gasteiger partial charge in [0.1, 0.15) is 5.75 Å². The van der Waals surface area contributed by atoms with Gasteiger partial charge in [-0.15, -0.1) is 0 Å². The fraction of sp³-hybridized carbons (Fsp3) is 0.625. The number of hydrogen-bond donors (Lipinski definition) is 2. The lowest BCUT2D eigenvalue weighted by atomic mass is 10.1. The summed E-state index contributed by atoms with van der Waals surface area (Å²) in [5.74, 6) is 0.928. The fourth-order valence-corrected chi connectivity index (χ4v) is 2.00. The van der Waals surface area contributed by atoms with Crippen LogP contribution in [0.3, 0.4) is 0 Å². The van der Waals surface area contributed by atoms with Crippen LogP contribution in [0.5, 0.6) is 5.75 Å². The number of methoxy groups -OCH3 is 1. The van der Waals surface area contributed by atoms with Crippen LogP contribution in [0.25, 0.3) is 0 Å². The maximum Gasteiger partial charge on any atom is 0.118 e. The molecule has 0 aliphatic heterocycles. The Balaban J connectivity index is 2.09. The van der Waals surface area contributed by atoms with Crippen molar-refractivity contribution in [3.63, 3.8) is 0 Å². The second-order valence-corrected chi connectivity index (χ2v) is 5.01. The zero-order chi connectivity index (χ0) is 13.9. The molecule has 0 aliphatic carbocycles. The Bertz CT molecular complexity index is 324. The molecule has 0 spiro atoms. The molecule has 0 heterocycles. The van der Waals surface area contributed by atoms with Gasteiger partial charge in [-0.2, -0.15) is 0 Å². The number of hydrogen-bond acceptors (Lipinski definition) is 3. The Kier molecular flexibility index (Phi) is 8.26.